The van der Waals surface area contributed by atoms with Gasteiger partial charge in [0.15, 0.2) is 11.6 Å². The summed E-state index contributed by atoms with van der Waals surface area (Å²) in [6, 6.07) is 6.62. The molecule has 0 bridgehead atoms. The van der Waals surface area contributed by atoms with Gasteiger partial charge in [0.05, 0.1) is 0 Å². The van der Waals surface area contributed by atoms with Gasteiger partial charge < -0.3 is 0 Å². The second kappa shape index (κ2) is 3.85. The third kappa shape index (κ3) is 1.69. The predicted octanol–water partition coefficient (Wildman–Crippen LogP) is 4.55. The summed E-state index contributed by atoms with van der Waals surface area (Å²) in [5, 5.41) is 1.18. The van der Waals surface area contributed by atoms with Crippen molar-refractivity contribution in [1.29, 1.82) is 0 Å². The summed E-state index contributed by atoms with van der Waals surface area (Å²) in [7, 11) is 0. The van der Waals surface area contributed by atoms with Crippen molar-refractivity contribution in [2.24, 2.45) is 0 Å². The molecule has 2 aromatic carbocycles. The average Bonchev–Trinajstić information content (AvgIpc) is 2.22. The Morgan fingerprint density at radius 1 is 1.06 bits per heavy atom. The van der Waals surface area contributed by atoms with Crippen LogP contribution in [0.4, 0.5) is 8.78 Å². The minimum absolute atomic E-state index is 0.179. The molecule has 0 nitrogen and oxygen atoms in total. The third-order valence-corrected chi connectivity index (χ3v) is 2.80. The zero-order chi connectivity index (χ0) is 11.9. The molecule has 0 atom stereocenters. The van der Waals surface area contributed by atoms with Gasteiger partial charge in [-0.25, -0.2) is 8.78 Å². The lowest BCUT2D eigenvalue weighted by Gasteiger charge is -2.12. The Balaban J connectivity index is 2.92. The molecular formula is C14H14F2. The molecule has 2 aromatic rings. The maximum atomic E-state index is 13.8. The van der Waals surface area contributed by atoms with Crippen molar-refractivity contribution >= 4 is 10.8 Å². The van der Waals surface area contributed by atoms with Gasteiger partial charge in [-0.2, -0.15) is 0 Å². The number of benzene rings is 2. The molecule has 0 aliphatic heterocycles. The monoisotopic (exact) mass is 220 g/mol. The Morgan fingerprint density at radius 3 is 2.38 bits per heavy atom. The molecule has 84 valence electrons. The van der Waals surface area contributed by atoms with Crippen molar-refractivity contribution in [1.82, 2.24) is 0 Å². The van der Waals surface area contributed by atoms with E-state index in [4.69, 9.17) is 0 Å². The normalized spacial score (nSPS) is 11.4. The Morgan fingerprint density at radius 2 is 1.75 bits per heavy atom. The lowest BCUT2D eigenvalue weighted by atomic mass is 9.93. The van der Waals surface area contributed by atoms with E-state index in [-0.39, 0.29) is 5.92 Å². The highest BCUT2D eigenvalue weighted by Crippen LogP contribution is 2.30. The van der Waals surface area contributed by atoms with Crippen LogP contribution in [0.5, 0.6) is 0 Å². The summed E-state index contributed by atoms with van der Waals surface area (Å²) < 4.78 is 27.0. The van der Waals surface area contributed by atoms with Gasteiger partial charge in [0.2, 0.25) is 0 Å². The van der Waals surface area contributed by atoms with Crippen molar-refractivity contribution in [3.05, 3.63) is 47.0 Å². The van der Waals surface area contributed by atoms with Crippen molar-refractivity contribution in [2.45, 2.75) is 26.7 Å². The molecule has 0 aromatic heterocycles. The molecule has 0 saturated heterocycles. The van der Waals surface area contributed by atoms with Crippen LogP contribution in [-0.4, -0.2) is 0 Å². The number of halogens is 2. The summed E-state index contributed by atoms with van der Waals surface area (Å²) in [5.41, 5.74) is 1.94. The summed E-state index contributed by atoms with van der Waals surface area (Å²) in [6.45, 7) is 5.93. The molecule has 0 radical (unpaired) electrons. The molecule has 0 saturated carbocycles. The number of hydrogen-bond acceptors (Lipinski definition) is 0. The van der Waals surface area contributed by atoms with Gasteiger partial charge >= 0.3 is 0 Å². The van der Waals surface area contributed by atoms with E-state index in [1.165, 1.54) is 6.07 Å². The van der Waals surface area contributed by atoms with E-state index >= 15 is 0 Å². The Kier molecular flexibility index (Phi) is 2.66. The summed E-state index contributed by atoms with van der Waals surface area (Å²) in [4.78, 5) is 0. The second-order valence-corrected chi connectivity index (χ2v) is 4.47. The van der Waals surface area contributed by atoms with E-state index < -0.39 is 11.6 Å². The SMILES string of the molecule is Cc1cc(C(C)C)c2c(F)c(F)ccc2c1. The number of fused-ring (bicyclic) bond motifs is 1. The van der Waals surface area contributed by atoms with Gasteiger partial charge in [0.1, 0.15) is 0 Å². The van der Waals surface area contributed by atoms with Crippen molar-refractivity contribution < 1.29 is 8.78 Å². The number of hydrogen-bond donors (Lipinski definition) is 0. The minimum Gasteiger partial charge on any atom is -0.204 e. The zero-order valence-electron chi connectivity index (χ0n) is 9.64. The van der Waals surface area contributed by atoms with Crippen LogP contribution in [-0.2, 0) is 0 Å². The van der Waals surface area contributed by atoms with Gasteiger partial charge in [-0.05, 0) is 29.9 Å². The van der Waals surface area contributed by atoms with Gasteiger partial charge in [0, 0.05) is 5.39 Å². The molecular weight excluding hydrogens is 206 g/mol. The first-order valence-corrected chi connectivity index (χ1v) is 5.39. The first-order chi connectivity index (χ1) is 7.50. The molecule has 16 heavy (non-hydrogen) atoms. The smallest absolute Gasteiger partial charge is 0.166 e. The standard InChI is InChI=1S/C14H14F2/c1-8(2)11-7-9(3)6-10-4-5-12(15)14(16)13(10)11/h4-8H,1-3H3. The van der Waals surface area contributed by atoms with E-state index in [1.807, 2.05) is 32.9 Å². The number of aryl methyl sites for hydroxylation is 1. The van der Waals surface area contributed by atoms with E-state index in [2.05, 4.69) is 0 Å². The quantitative estimate of drug-likeness (QED) is 0.661. The van der Waals surface area contributed by atoms with Gasteiger partial charge in [-0.3, -0.25) is 0 Å². The highest BCUT2D eigenvalue weighted by molar-refractivity contribution is 5.87. The molecule has 0 aliphatic rings. The van der Waals surface area contributed by atoms with E-state index in [1.54, 1.807) is 6.07 Å². The van der Waals surface area contributed by atoms with Crippen LogP contribution in [0.1, 0.15) is 30.9 Å². The molecule has 0 N–H and O–H groups in total. The maximum absolute atomic E-state index is 13.8. The minimum atomic E-state index is -0.779. The first-order valence-electron chi connectivity index (χ1n) is 5.39. The molecule has 2 rings (SSSR count). The third-order valence-electron chi connectivity index (χ3n) is 2.80. The largest absolute Gasteiger partial charge is 0.204 e. The van der Waals surface area contributed by atoms with E-state index in [0.717, 1.165) is 16.5 Å². The summed E-state index contributed by atoms with van der Waals surface area (Å²) >= 11 is 0. The van der Waals surface area contributed by atoms with Gasteiger partial charge in [0.25, 0.3) is 0 Å². The van der Waals surface area contributed by atoms with Crippen LogP contribution < -0.4 is 0 Å². The molecule has 0 spiro atoms. The maximum Gasteiger partial charge on any atom is 0.166 e. The highest BCUT2D eigenvalue weighted by atomic mass is 19.2. The van der Waals surface area contributed by atoms with Gasteiger partial charge in [-0.1, -0.05) is 37.6 Å². The Labute approximate surface area is 93.9 Å². The summed E-state index contributed by atoms with van der Waals surface area (Å²) in [5.74, 6) is -1.34. The van der Waals surface area contributed by atoms with Crippen LogP contribution in [0.25, 0.3) is 10.8 Å². The molecule has 0 amide bonds. The first kappa shape index (κ1) is 11.1. The second-order valence-electron chi connectivity index (χ2n) is 4.47. The fourth-order valence-corrected chi connectivity index (χ4v) is 2.04. The Hall–Kier alpha value is -1.44. The van der Waals surface area contributed by atoms with Crippen LogP contribution >= 0.6 is 0 Å². The average molecular weight is 220 g/mol. The number of rotatable bonds is 1. The molecule has 0 fully saturated rings. The van der Waals surface area contributed by atoms with E-state index in [0.29, 0.717) is 5.39 Å². The highest BCUT2D eigenvalue weighted by Gasteiger charge is 2.13. The van der Waals surface area contributed by atoms with Crippen molar-refractivity contribution in [3.8, 4) is 0 Å². The topological polar surface area (TPSA) is 0 Å². The fraction of sp³-hybridized carbons (Fsp3) is 0.286. The lowest BCUT2D eigenvalue weighted by Crippen LogP contribution is -1.96. The molecule has 0 heterocycles. The molecule has 0 unspecified atom stereocenters. The van der Waals surface area contributed by atoms with Crippen LogP contribution in [0.2, 0.25) is 0 Å². The van der Waals surface area contributed by atoms with Crippen molar-refractivity contribution in [3.63, 3.8) is 0 Å². The lowest BCUT2D eigenvalue weighted by molar-refractivity contribution is 0.516. The van der Waals surface area contributed by atoms with Crippen molar-refractivity contribution in [2.75, 3.05) is 0 Å². The fourth-order valence-electron chi connectivity index (χ4n) is 2.04. The van der Waals surface area contributed by atoms with Crippen LogP contribution in [0, 0.1) is 18.6 Å². The van der Waals surface area contributed by atoms with Crippen LogP contribution in [0.15, 0.2) is 24.3 Å². The van der Waals surface area contributed by atoms with E-state index in [9.17, 15) is 8.78 Å². The Bertz CT molecular complexity index is 542. The zero-order valence-corrected chi connectivity index (χ0v) is 9.64. The van der Waals surface area contributed by atoms with Crippen LogP contribution in [0.3, 0.4) is 0 Å². The molecule has 2 heteroatoms. The predicted molar refractivity (Wildman–Crippen MR) is 62.7 cm³/mol. The molecule has 0 aliphatic carbocycles. The summed E-state index contributed by atoms with van der Waals surface area (Å²) in [6.07, 6.45) is 0. The van der Waals surface area contributed by atoms with Gasteiger partial charge in [-0.15, -0.1) is 0 Å².